The quantitative estimate of drug-likeness (QED) is 0.563. The number of aryl methyl sites for hydroxylation is 3. The molecule has 0 aliphatic rings. The predicted octanol–water partition coefficient (Wildman–Crippen LogP) is 3.03. The highest BCUT2D eigenvalue weighted by Gasteiger charge is 2.18. The summed E-state index contributed by atoms with van der Waals surface area (Å²) in [5.41, 5.74) is 2.03. The van der Waals surface area contributed by atoms with Gasteiger partial charge >= 0.3 is 6.01 Å². The van der Waals surface area contributed by atoms with E-state index in [1.165, 1.54) is 22.2 Å². The van der Waals surface area contributed by atoms with Crippen molar-refractivity contribution in [2.24, 2.45) is 7.05 Å². The van der Waals surface area contributed by atoms with Crippen molar-refractivity contribution in [3.63, 3.8) is 0 Å². The first-order valence-corrected chi connectivity index (χ1v) is 11.6. The molecule has 0 aliphatic carbocycles. The molecule has 154 valence electrons. The third kappa shape index (κ3) is 5.07. The number of pyridine rings is 1. The number of sulfone groups is 1. The van der Waals surface area contributed by atoms with Crippen LogP contribution >= 0.6 is 11.5 Å². The molecule has 10 heteroatoms. The lowest BCUT2D eigenvalue weighted by atomic mass is 10.2. The lowest BCUT2D eigenvalue weighted by molar-refractivity contribution is 0.435. The first kappa shape index (κ1) is 21.1. The zero-order chi connectivity index (χ0) is 21.2. The average Bonchev–Trinajstić information content (AvgIpc) is 2.95. The third-order valence-corrected chi connectivity index (χ3v) is 6.77. The third-order valence-electron chi connectivity index (χ3n) is 4.18. The van der Waals surface area contributed by atoms with E-state index in [0.29, 0.717) is 34.8 Å². The molecule has 0 aliphatic heterocycles. The van der Waals surface area contributed by atoms with E-state index in [-0.39, 0.29) is 23.1 Å². The second-order valence-electron chi connectivity index (χ2n) is 6.74. The lowest BCUT2D eigenvalue weighted by Crippen LogP contribution is -2.14. The minimum atomic E-state index is -3.30. The van der Waals surface area contributed by atoms with Gasteiger partial charge in [-0.25, -0.2) is 8.42 Å². The van der Waals surface area contributed by atoms with Crippen LogP contribution in [0, 0.1) is 13.8 Å². The molecule has 0 unspecified atom stereocenters. The Bertz CT molecular complexity index is 1180. The summed E-state index contributed by atoms with van der Waals surface area (Å²) in [5, 5.41) is 0. The highest BCUT2D eigenvalue weighted by molar-refractivity contribution is 7.90. The van der Waals surface area contributed by atoms with Crippen LogP contribution < -0.4 is 10.3 Å². The van der Waals surface area contributed by atoms with E-state index in [2.05, 4.69) is 14.3 Å². The maximum atomic E-state index is 12.3. The smallest absolute Gasteiger partial charge is 0.322 e. The van der Waals surface area contributed by atoms with Crippen molar-refractivity contribution in [1.82, 2.24) is 18.9 Å². The molecule has 29 heavy (non-hydrogen) atoms. The number of hydrogen-bond donors (Lipinski definition) is 0. The average molecular weight is 435 g/mol. The summed E-state index contributed by atoms with van der Waals surface area (Å²) in [6, 6.07) is 4.74. The standard InChI is InChI=1S/C19H22N4O4S2/c1-5-8-29(25,26)11-15-9-16(14-6-7-17(24)23(4)10-14)21-19(20-15)27-18-12(2)22-28-13(18)3/h6-7,9-10H,5,8,11H2,1-4H3. The predicted molar refractivity (Wildman–Crippen MR) is 112 cm³/mol. The van der Waals surface area contributed by atoms with Crippen molar-refractivity contribution >= 4 is 21.4 Å². The lowest BCUT2D eigenvalue weighted by Gasteiger charge is -2.10. The van der Waals surface area contributed by atoms with Crippen molar-refractivity contribution in [2.75, 3.05) is 5.75 Å². The van der Waals surface area contributed by atoms with Crippen LogP contribution in [0.5, 0.6) is 11.8 Å². The van der Waals surface area contributed by atoms with E-state index in [1.54, 1.807) is 25.4 Å². The van der Waals surface area contributed by atoms with Gasteiger partial charge in [0.15, 0.2) is 15.6 Å². The number of ether oxygens (including phenoxy) is 1. The molecule has 0 atom stereocenters. The van der Waals surface area contributed by atoms with Crippen LogP contribution in [0.4, 0.5) is 0 Å². The molecule has 8 nitrogen and oxygen atoms in total. The maximum Gasteiger partial charge on any atom is 0.322 e. The van der Waals surface area contributed by atoms with Crippen molar-refractivity contribution < 1.29 is 13.2 Å². The molecule has 3 aromatic rings. The largest absolute Gasteiger partial charge is 0.421 e. The summed E-state index contributed by atoms with van der Waals surface area (Å²) in [7, 11) is -1.67. The molecule has 3 heterocycles. The fourth-order valence-electron chi connectivity index (χ4n) is 2.81. The monoisotopic (exact) mass is 434 g/mol. The molecule has 0 saturated carbocycles. The van der Waals surface area contributed by atoms with Gasteiger partial charge in [-0.3, -0.25) is 4.79 Å². The molecule has 0 N–H and O–H groups in total. The fourth-order valence-corrected chi connectivity index (χ4v) is 4.80. The summed E-state index contributed by atoms with van der Waals surface area (Å²) in [6.07, 6.45) is 2.17. The van der Waals surface area contributed by atoms with Crippen LogP contribution in [0.1, 0.15) is 29.6 Å². The first-order valence-electron chi connectivity index (χ1n) is 9.04. The van der Waals surface area contributed by atoms with E-state index < -0.39 is 9.84 Å². The summed E-state index contributed by atoms with van der Waals surface area (Å²) in [4.78, 5) is 21.3. The first-order chi connectivity index (χ1) is 13.7. The van der Waals surface area contributed by atoms with E-state index in [4.69, 9.17) is 4.74 Å². The Hall–Kier alpha value is -2.59. The molecular formula is C19H22N4O4S2. The highest BCUT2D eigenvalue weighted by atomic mass is 32.2. The Morgan fingerprint density at radius 1 is 1.21 bits per heavy atom. The summed E-state index contributed by atoms with van der Waals surface area (Å²) in [6.45, 7) is 5.52. The van der Waals surface area contributed by atoms with Crippen LogP contribution in [0.15, 0.2) is 29.2 Å². The second kappa shape index (κ2) is 8.42. The number of nitrogens with zero attached hydrogens (tertiary/aromatic N) is 4. The van der Waals surface area contributed by atoms with Gasteiger partial charge in [-0.2, -0.15) is 14.3 Å². The molecule has 3 rings (SSSR count). The van der Waals surface area contributed by atoms with Gasteiger partial charge < -0.3 is 9.30 Å². The SMILES string of the molecule is CCCS(=O)(=O)Cc1cc(-c2ccc(=O)n(C)c2)nc(Oc2c(C)nsc2C)n1. The van der Waals surface area contributed by atoms with Gasteiger partial charge in [0.05, 0.1) is 33.5 Å². The normalized spacial score (nSPS) is 11.6. The van der Waals surface area contributed by atoms with Crippen LogP contribution in [0.25, 0.3) is 11.3 Å². The van der Waals surface area contributed by atoms with Crippen LogP contribution in [0.3, 0.4) is 0 Å². The van der Waals surface area contributed by atoms with Gasteiger partial charge in [0.1, 0.15) is 0 Å². The second-order valence-corrected chi connectivity index (χ2v) is 9.90. The summed E-state index contributed by atoms with van der Waals surface area (Å²) >= 11 is 1.31. The van der Waals surface area contributed by atoms with Gasteiger partial charge in [0.2, 0.25) is 5.56 Å². The number of rotatable bonds is 7. The Kier molecular flexibility index (Phi) is 6.13. The zero-order valence-electron chi connectivity index (χ0n) is 16.7. The van der Waals surface area contributed by atoms with Crippen LogP contribution in [0.2, 0.25) is 0 Å². The minimum Gasteiger partial charge on any atom is -0.421 e. The Morgan fingerprint density at radius 2 is 1.97 bits per heavy atom. The molecule has 0 radical (unpaired) electrons. The fraction of sp³-hybridized carbons (Fsp3) is 0.368. The molecule has 0 fully saturated rings. The molecule has 0 saturated heterocycles. The van der Waals surface area contributed by atoms with E-state index in [9.17, 15) is 13.2 Å². The topological polar surface area (TPSA) is 104 Å². The van der Waals surface area contributed by atoms with Gasteiger partial charge in [0.25, 0.3) is 0 Å². The number of aromatic nitrogens is 4. The van der Waals surface area contributed by atoms with Gasteiger partial charge in [-0.05, 0) is 43.9 Å². The van der Waals surface area contributed by atoms with Gasteiger partial charge in [0, 0.05) is 24.9 Å². The van der Waals surface area contributed by atoms with Gasteiger partial charge in [-0.15, -0.1) is 0 Å². The minimum absolute atomic E-state index is 0.0458. The Labute approximate surface area is 173 Å². The molecular weight excluding hydrogens is 412 g/mol. The summed E-state index contributed by atoms with van der Waals surface area (Å²) < 4.78 is 36.2. The number of hydrogen-bond acceptors (Lipinski definition) is 8. The van der Waals surface area contributed by atoms with Crippen molar-refractivity contribution in [3.8, 4) is 23.0 Å². The Morgan fingerprint density at radius 3 is 2.59 bits per heavy atom. The van der Waals surface area contributed by atoms with Crippen molar-refractivity contribution in [3.05, 3.63) is 51.0 Å². The molecule has 0 bridgehead atoms. The van der Waals surface area contributed by atoms with Gasteiger partial charge in [-0.1, -0.05) is 6.92 Å². The van der Waals surface area contributed by atoms with Crippen molar-refractivity contribution in [1.29, 1.82) is 0 Å². The summed E-state index contributed by atoms with van der Waals surface area (Å²) in [5.74, 6) is 0.433. The van der Waals surface area contributed by atoms with Crippen LogP contribution in [-0.4, -0.2) is 33.1 Å². The van der Waals surface area contributed by atoms with E-state index >= 15 is 0 Å². The van der Waals surface area contributed by atoms with Crippen LogP contribution in [-0.2, 0) is 22.6 Å². The van der Waals surface area contributed by atoms with Crippen molar-refractivity contribution in [2.45, 2.75) is 32.9 Å². The molecule has 0 spiro atoms. The van der Waals surface area contributed by atoms with E-state index in [1.807, 2.05) is 20.8 Å². The van der Waals surface area contributed by atoms with E-state index in [0.717, 1.165) is 4.88 Å². The molecule has 3 aromatic heterocycles. The zero-order valence-corrected chi connectivity index (χ0v) is 18.3. The Balaban J connectivity index is 2.08. The maximum absolute atomic E-state index is 12.3. The highest BCUT2D eigenvalue weighted by Crippen LogP contribution is 2.30. The molecule has 0 aromatic carbocycles. The molecule has 0 amide bonds.